The molecule has 19 rings (SSSR count). The standard InChI is InChI=1S/C27H19N7O3.C27H19N7O2.C24H15N9O2.C20H14N8O2/c1-28-22-15-30-34(23-8-4-5-13-29-23)26(22)33-32-24-20-7-3-2-6-18(20)14-21(25(24)36)27(37)31-19-11-9-17(16-35)10-12-19;1-17-10-12-19(13-11-17)31-27(36)21-15-18-7-3-4-8-20(18)24(25(21)35)32-33-26-22(28-2)16-30-34(26)23-9-5-6-14-29-23;1-25-19-14-29-33(24-27-9-4-10-28-24)22(19)32-31-20-17-6-3-2-5-15(17)13-18(21(20)34)23(35)30-16-7-11-26-12-8-16;1-21-15-11-25-28(20-23-8-5-9-24-20)18(15)27-26-16-13-7-4-3-6-12(13)10-14(17(16)29)19(30)22-2/h2-15,35-36H,16H2,(H,31,37);3-16,35H,1H3,(H,31,36);2-14,34H,(H,26,30,35);3-11,29H,2H3,(H,22,30). The summed E-state index contributed by atoms with van der Waals surface area (Å²) in [5.41, 5.74) is 4.44. The van der Waals surface area contributed by atoms with Gasteiger partial charge in [0.1, 0.15) is 22.7 Å². The number of phenolic OH excluding ortho intramolecular Hbond substituents is 4. The number of aromatic nitrogens is 15. The van der Waals surface area contributed by atoms with Crippen LogP contribution in [-0.2, 0) is 6.61 Å². The maximum absolute atomic E-state index is 13.1. The molecule has 0 unspecified atom stereocenters. The number of hydrogen-bond donors (Lipinski definition) is 9. The highest BCUT2D eigenvalue weighted by Crippen LogP contribution is 2.47. The second-order valence-electron chi connectivity index (χ2n) is 29.0. The molecule has 40 heteroatoms. The first kappa shape index (κ1) is 90.4. The monoisotopic (exact) mass is 1820 g/mol. The number of phenols is 4. The van der Waals surface area contributed by atoms with Gasteiger partial charge in [0.25, 0.3) is 58.3 Å². The molecule has 0 radical (unpaired) electrons. The molecule has 40 nitrogen and oxygen atoms in total. The van der Waals surface area contributed by atoms with Crippen LogP contribution in [0.4, 0.5) is 85.8 Å². The lowest BCUT2D eigenvalue weighted by molar-refractivity contribution is 0.0958. The highest BCUT2D eigenvalue weighted by molar-refractivity contribution is 6.14. The van der Waals surface area contributed by atoms with E-state index < -0.39 is 23.6 Å². The van der Waals surface area contributed by atoms with Crippen LogP contribution in [0.1, 0.15) is 52.6 Å². The van der Waals surface area contributed by atoms with E-state index in [-0.39, 0.29) is 133 Å². The number of aryl methyl sites for hydroxylation is 1. The maximum Gasteiger partial charge on any atom is 0.259 e. The normalized spacial score (nSPS) is 11.0. The Hall–Kier alpha value is -20.9. The van der Waals surface area contributed by atoms with E-state index in [2.05, 4.69) is 137 Å². The minimum atomic E-state index is -0.545. The minimum absolute atomic E-state index is 0.00233. The van der Waals surface area contributed by atoms with Crippen LogP contribution < -0.4 is 21.3 Å². The molecule has 9 heterocycles. The van der Waals surface area contributed by atoms with Gasteiger partial charge in [-0.05, 0) is 131 Å². The Balaban J connectivity index is 0.000000133. The van der Waals surface area contributed by atoms with Crippen molar-refractivity contribution in [1.29, 1.82) is 0 Å². The number of rotatable bonds is 20. The number of carbonyl (C=O) groups is 4. The fourth-order valence-electron chi connectivity index (χ4n) is 13.7. The Labute approximate surface area is 780 Å². The predicted octanol–water partition coefficient (Wildman–Crippen LogP) is 21.5. The smallest absolute Gasteiger partial charge is 0.259 e. The summed E-state index contributed by atoms with van der Waals surface area (Å²) in [5.74, 6) is -1.57. The molecule has 10 aromatic carbocycles. The lowest BCUT2D eigenvalue weighted by atomic mass is 10.0. The lowest BCUT2D eigenvalue weighted by Gasteiger charge is -2.11. The Kier molecular flexibility index (Phi) is 27.3. The Morgan fingerprint density at radius 2 is 0.623 bits per heavy atom. The van der Waals surface area contributed by atoms with Crippen LogP contribution in [0.5, 0.6) is 23.0 Å². The lowest BCUT2D eigenvalue weighted by Crippen LogP contribution is -2.17. The number of aromatic hydroxyl groups is 4. The zero-order valence-electron chi connectivity index (χ0n) is 72.0. The van der Waals surface area contributed by atoms with Gasteiger partial charge in [0, 0.05) is 95.2 Å². The summed E-state index contributed by atoms with van der Waals surface area (Å²) >= 11 is 0. The van der Waals surface area contributed by atoms with E-state index >= 15 is 0 Å². The molecule has 0 aliphatic heterocycles. The molecule has 9 N–H and O–H groups in total. The van der Waals surface area contributed by atoms with E-state index in [1.165, 1.54) is 75.3 Å². The second kappa shape index (κ2) is 41.7. The van der Waals surface area contributed by atoms with Crippen LogP contribution in [0.15, 0.2) is 346 Å². The third-order valence-corrected chi connectivity index (χ3v) is 20.4. The first-order valence-electron chi connectivity index (χ1n) is 41.1. The molecule has 668 valence electrons. The van der Waals surface area contributed by atoms with Crippen LogP contribution in [0.2, 0.25) is 0 Å². The molecule has 0 saturated carbocycles. The molecule has 0 aliphatic carbocycles. The zero-order chi connectivity index (χ0) is 96.1. The average molecular weight is 1820 g/mol. The summed E-state index contributed by atoms with van der Waals surface area (Å²) in [6.45, 7) is 31.6. The van der Waals surface area contributed by atoms with Gasteiger partial charge in [-0.25, -0.2) is 58.6 Å². The van der Waals surface area contributed by atoms with E-state index in [4.69, 9.17) is 26.3 Å². The third-order valence-electron chi connectivity index (χ3n) is 20.4. The molecule has 4 amide bonds. The summed E-state index contributed by atoms with van der Waals surface area (Å²) in [6.07, 6.45) is 17.8. The Morgan fingerprint density at radius 3 is 0.935 bits per heavy atom. The van der Waals surface area contributed by atoms with E-state index in [1.807, 2.05) is 49.4 Å². The molecular formula is C98H67N31O9. The van der Waals surface area contributed by atoms with Gasteiger partial charge in [-0.3, -0.25) is 24.2 Å². The number of azo groups is 4. The van der Waals surface area contributed by atoms with Crippen LogP contribution in [0.3, 0.4) is 0 Å². The van der Waals surface area contributed by atoms with Crippen molar-refractivity contribution in [2.24, 2.45) is 40.9 Å². The Bertz CT molecular complexity index is 8160. The molecule has 0 bridgehead atoms. The number of aliphatic hydroxyl groups excluding tert-OH is 1. The molecule has 19 aromatic rings. The van der Waals surface area contributed by atoms with E-state index in [1.54, 1.807) is 213 Å². The van der Waals surface area contributed by atoms with E-state index in [0.29, 0.717) is 77.4 Å². The highest BCUT2D eigenvalue weighted by atomic mass is 16.3. The van der Waals surface area contributed by atoms with Crippen molar-refractivity contribution in [3.63, 3.8) is 0 Å². The van der Waals surface area contributed by atoms with Crippen molar-refractivity contribution in [3.8, 4) is 46.5 Å². The van der Waals surface area contributed by atoms with Crippen molar-refractivity contribution in [1.82, 2.24) is 79.3 Å². The van der Waals surface area contributed by atoms with Gasteiger partial charge in [-0.1, -0.05) is 139 Å². The van der Waals surface area contributed by atoms with Crippen molar-refractivity contribution in [2.45, 2.75) is 13.5 Å². The van der Waals surface area contributed by atoms with Gasteiger partial charge in [0.2, 0.25) is 0 Å². The second-order valence-corrected chi connectivity index (χ2v) is 29.0. The SMILES string of the molecule is [C-]#[N+]c1cnn(-c2ccccn2)c1N=Nc1c(O)c(C(=O)Nc2ccc(C)cc2)cc2ccccc12.[C-]#[N+]c1cnn(-c2ccccn2)c1N=Nc1c(O)c(C(=O)Nc2ccc(CO)cc2)cc2ccccc12.[C-]#[N+]c1cnn(-c2ncccn2)c1N=Nc1c(O)c(C(=O)NC)cc2ccccc12.[C-]#[N+]c1cnn(-c2ncccn2)c1N=Nc1c(O)c(C(=O)Nc2ccncc2)cc2ccccc12. The topological polar surface area (TPSA) is 495 Å². The summed E-state index contributed by atoms with van der Waals surface area (Å²) < 4.78 is 5.32. The molecule has 138 heavy (non-hydrogen) atoms. The first-order valence-corrected chi connectivity index (χ1v) is 41.1. The van der Waals surface area contributed by atoms with Crippen molar-refractivity contribution < 1.29 is 44.7 Å². The van der Waals surface area contributed by atoms with Crippen molar-refractivity contribution in [2.75, 3.05) is 23.0 Å². The number of hydrogen-bond acceptors (Lipinski definition) is 28. The molecular weight excluding hydrogens is 1760 g/mol. The molecule has 0 atom stereocenters. The number of anilines is 3. The summed E-state index contributed by atoms with van der Waals surface area (Å²) in [6, 6.07) is 66.1. The third kappa shape index (κ3) is 19.8. The average Bonchev–Trinajstić information content (AvgIpc) is 1.11. The predicted molar refractivity (Wildman–Crippen MR) is 510 cm³/mol. The van der Waals surface area contributed by atoms with Gasteiger partial charge in [-0.2, -0.15) is 29.8 Å². The zero-order valence-corrected chi connectivity index (χ0v) is 72.0. The number of fused-ring (bicyclic) bond motifs is 4. The fraction of sp³-hybridized carbons (Fsp3) is 0.0306. The number of nitrogens with one attached hydrogen (secondary N) is 4. The van der Waals surface area contributed by atoms with Crippen molar-refractivity contribution in [3.05, 3.63) is 384 Å². The summed E-state index contributed by atoms with van der Waals surface area (Å²) in [4.78, 5) is 94.0. The van der Waals surface area contributed by atoms with Gasteiger partial charge < -0.3 is 46.8 Å². The first-order chi connectivity index (χ1) is 67.4. The van der Waals surface area contributed by atoms with Gasteiger partial charge in [0.05, 0.1) is 79.9 Å². The number of carbonyl (C=O) groups excluding carboxylic acids is 4. The quantitative estimate of drug-likeness (QED) is 0.0253. The van der Waals surface area contributed by atoms with Gasteiger partial charge in [0.15, 0.2) is 57.9 Å². The summed E-state index contributed by atoms with van der Waals surface area (Å²) in [7, 11) is 1.47. The molecule has 9 aromatic heterocycles. The maximum atomic E-state index is 13.1. The number of nitrogens with zero attached hydrogens (tertiary/aromatic N) is 27. The van der Waals surface area contributed by atoms with Gasteiger partial charge >= 0.3 is 0 Å². The van der Waals surface area contributed by atoms with Crippen LogP contribution in [0.25, 0.3) is 86.0 Å². The number of aliphatic hydroxyl groups is 1. The number of benzene rings is 10. The minimum Gasteiger partial charge on any atom is -0.505 e. The van der Waals surface area contributed by atoms with Crippen LogP contribution in [-0.4, -0.2) is 130 Å². The molecule has 0 saturated heterocycles. The number of amides is 4. The van der Waals surface area contributed by atoms with E-state index in [0.717, 1.165) is 5.56 Å². The van der Waals surface area contributed by atoms with Crippen LogP contribution >= 0.6 is 0 Å². The van der Waals surface area contributed by atoms with Crippen LogP contribution in [0, 0.1) is 33.2 Å². The number of pyridine rings is 3. The highest BCUT2D eigenvalue weighted by Gasteiger charge is 2.27. The van der Waals surface area contributed by atoms with E-state index in [9.17, 15) is 44.7 Å². The van der Waals surface area contributed by atoms with Gasteiger partial charge in [-0.15, -0.1) is 40.9 Å². The Morgan fingerprint density at radius 1 is 0.333 bits per heavy atom. The largest absolute Gasteiger partial charge is 0.505 e. The van der Waals surface area contributed by atoms with Crippen molar-refractivity contribution >= 4 is 153 Å². The molecule has 0 aliphatic rings. The fourth-order valence-corrected chi connectivity index (χ4v) is 13.7. The summed E-state index contributed by atoms with van der Waals surface area (Å²) in [5, 5.41) is 120. The molecule has 0 spiro atoms. The molecule has 0 fully saturated rings.